The summed E-state index contributed by atoms with van der Waals surface area (Å²) in [7, 11) is 1.61. The normalized spacial score (nSPS) is 12.6. The van der Waals surface area contributed by atoms with Crippen LogP contribution in [0.1, 0.15) is 24.2 Å². The van der Waals surface area contributed by atoms with E-state index < -0.39 is 6.10 Å². The van der Waals surface area contributed by atoms with E-state index in [9.17, 15) is 5.11 Å². The van der Waals surface area contributed by atoms with Crippen LogP contribution in [-0.2, 0) is 6.54 Å². The Morgan fingerprint density at radius 1 is 1.14 bits per heavy atom. The van der Waals surface area contributed by atoms with Crippen LogP contribution in [0.5, 0.6) is 5.75 Å². The Morgan fingerprint density at radius 3 is 2.82 bits per heavy atom. The fraction of sp³-hybridized carbons (Fsp3) is 0.273. The third-order valence-electron chi connectivity index (χ3n) is 4.43. The van der Waals surface area contributed by atoms with Gasteiger partial charge in [-0.05, 0) is 42.3 Å². The third-order valence-corrected chi connectivity index (χ3v) is 4.43. The molecule has 1 atom stereocenters. The summed E-state index contributed by atoms with van der Waals surface area (Å²) in [5.41, 5.74) is 2.86. The Morgan fingerprint density at radius 2 is 2.00 bits per heavy atom. The molecule has 3 N–H and O–H groups in total. The number of para-hydroxylation sites is 1. The van der Waals surface area contributed by atoms with Crippen molar-refractivity contribution in [3.8, 4) is 5.75 Å². The van der Waals surface area contributed by atoms with Crippen LogP contribution in [0, 0.1) is 0 Å². The molecule has 0 spiro atoms. The van der Waals surface area contributed by atoms with E-state index in [1.165, 1.54) is 0 Å². The molecular weight excluding hydrogens is 352 g/mol. The van der Waals surface area contributed by atoms with E-state index in [1.54, 1.807) is 13.3 Å². The number of aliphatic imine (C=N–C) groups is 1. The number of aromatic nitrogens is 1. The van der Waals surface area contributed by atoms with Crippen LogP contribution >= 0.6 is 0 Å². The lowest BCUT2D eigenvalue weighted by molar-refractivity contribution is 0.180. The third kappa shape index (κ3) is 4.98. The Bertz CT molecular complexity index is 937. The topological polar surface area (TPSA) is 78.8 Å². The van der Waals surface area contributed by atoms with Gasteiger partial charge in [0, 0.05) is 24.7 Å². The molecule has 0 aliphatic carbocycles. The molecule has 6 nitrogen and oxygen atoms in total. The number of aliphatic hydroxyl groups is 1. The molecule has 1 unspecified atom stereocenters. The van der Waals surface area contributed by atoms with Gasteiger partial charge < -0.3 is 20.5 Å². The van der Waals surface area contributed by atoms with Crippen LogP contribution in [0.3, 0.4) is 0 Å². The maximum Gasteiger partial charge on any atom is 0.191 e. The highest BCUT2D eigenvalue weighted by molar-refractivity contribution is 5.83. The molecule has 0 saturated carbocycles. The smallest absolute Gasteiger partial charge is 0.191 e. The van der Waals surface area contributed by atoms with Gasteiger partial charge in [-0.3, -0.25) is 4.98 Å². The molecule has 28 heavy (non-hydrogen) atoms. The average Bonchev–Trinajstić information content (AvgIpc) is 2.75. The van der Waals surface area contributed by atoms with E-state index in [-0.39, 0.29) is 0 Å². The van der Waals surface area contributed by atoms with Crippen molar-refractivity contribution in [1.29, 1.82) is 0 Å². The Hall–Kier alpha value is -3.12. The van der Waals surface area contributed by atoms with Gasteiger partial charge >= 0.3 is 0 Å². The van der Waals surface area contributed by atoms with Gasteiger partial charge in [-0.15, -0.1) is 0 Å². The molecule has 0 bridgehead atoms. The first-order chi connectivity index (χ1) is 13.7. The monoisotopic (exact) mass is 378 g/mol. The largest absolute Gasteiger partial charge is 0.497 e. The highest BCUT2D eigenvalue weighted by Crippen LogP contribution is 2.19. The molecule has 6 heteroatoms. The van der Waals surface area contributed by atoms with Gasteiger partial charge in [-0.1, -0.05) is 30.3 Å². The molecule has 0 amide bonds. The zero-order valence-electron chi connectivity index (χ0n) is 16.2. The maximum absolute atomic E-state index is 10.5. The standard InChI is InChI=1S/C22H26N4O2/c1-3-23-22(26-15-21(27)16-7-6-8-18(13-16)28-2)25-14-17-11-12-24-20-10-5-4-9-19(17)20/h4-13,21,27H,3,14-15H2,1-2H3,(H2,23,25,26). The number of methoxy groups -OCH3 is 1. The number of ether oxygens (including phenoxy) is 1. The summed E-state index contributed by atoms with van der Waals surface area (Å²) in [6.07, 6.45) is 1.14. The van der Waals surface area contributed by atoms with Gasteiger partial charge in [0.15, 0.2) is 5.96 Å². The van der Waals surface area contributed by atoms with Crippen molar-refractivity contribution < 1.29 is 9.84 Å². The van der Waals surface area contributed by atoms with Gasteiger partial charge in [-0.25, -0.2) is 4.99 Å². The summed E-state index contributed by atoms with van der Waals surface area (Å²) in [4.78, 5) is 9.05. The number of aliphatic hydroxyl groups excluding tert-OH is 1. The molecule has 0 fully saturated rings. The van der Waals surface area contributed by atoms with Crippen molar-refractivity contribution in [1.82, 2.24) is 15.6 Å². The van der Waals surface area contributed by atoms with E-state index >= 15 is 0 Å². The van der Waals surface area contributed by atoms with Crippen molar-refractivity contribution >= 4 is 16.9 Å². The second-order valence-corrected chi connectivity index (χ2v) is 6.36. The summed E-state index contributed by atoms with van der Waals surface area (Å²) < 4.78 is 5.22. The molecule has 0 radical (unpaired) electrons. The molecular formula is C22H26N4O2. The van der Waals surface area contributed by atoms with Crippen LogP contribution in [0.4, 0.5) is 0 Å². The summed E-state index contributed by atoms with van der Waals surface area (Å²) >= 11 is 0. The summed E-state index contributed by atoms with van der Waals surface area (Å²) in [6, 6.07) is 17.5. The predicted octanol–water partition coefficient (Wildman–Crippen LogP) is 3.03. The Kier molecular flexibility index (Phi) is 6.81. The molecule has 146 valence electrons. The van der Waals surface area contributed by atoms with Crippen LogP contribution in [0.2, 0.25) is 0 Å². The minimum Gasteiger partial charge on any atom is -0.497 e. The van der Waals surface area contributed by atoms with Gasteiger partial charge in [0.1, 0.15) is 5.75 Å². The van der Waals surface area contributed by atoms with Crippen molar-refractivity contribution in [2.24, 2.45) is 4.99 Å². The molecule has 2 aromatic carbocycles. The molecule has 0 saturated heterocycles. The van der Waals surface area contributed by atoms with E-state index in [0.717, 1.165) is 34.3 Å². The fourth-order valence-electron chi connectivity index (χ4n) is 2.96. The van der Waals surface area contributed by atoms with Crippen LogP contribution in [-0.4, -0.2) is 36.2 Å². The van der Waals surface area contributed by atoms with Crippen molar-refractivity contribution in [2.45, 2.75) is 19.6 Å². The number of nitrogens with zero attached hydrogens (tertiary/aromatic N) is 2. The lowest BCUT2D eigenvalue weighted by Gasteiger charge is -2.16. The molecule has 3 rings (SSSR count). The number of benzene rings is 2. The first-order valence-electron chi connectivity index (χ1n) is 9.38. The molecule has 1 heterocycles. The van der Waals surface area contributed by atoms with Gasteiger partial charge in [-0.2, -0.15) is 0 Å². The Labute approximate surface area is 165 Å². The van der Waals surface area contributed by atoms with Crippen LogP contribution in [0.25, 0.3) is 10.9 Å². The quantitative estimate of drug-likeness (QED) is 0.435. The van der Waals surface area contributed by atoms with E-state index in [4.69, 9.17) is 4.74 Å². The summed E-state index contributed by atoms with van der Waals surface area (Å²) in [5, 5.41) is 18.0. The zero-order valence-corrected chi connectivity index (χ0v) is 16.2. The zero-order chi connectivity index (χ0) is 19.8. The number of guanidine groups is 1. The predicted molar refractivity (Wildman–Crippen MR) is 113 cm³/mol. The van der Waals surface area contributed by atoms with E-state index in [1.807, 2.05) is 55.5 Å². The summed E-state index contributed by atoms with van der Waals surface area (Å²) in [5.74, 6) is 1.38. The maximum atomic E-state index is 10.5. The van der Waals surface area contributed by atoms with E-state index in [0.29, 0.717) is 19.0 Å². The number of rotatable bonds is 7. The highest BCUT2D eigenvalue weighted by atomic mass is 16.5. The van der Waals surface area contributed by atoms with Crippen molar-refractivity contribution in [3.63, 3.8) is 0 Å². The second-order valence-electron chi connectivity index (χ2n) is 6.36. The van der Waals surface area contributed by atoms with Gasteiger partial charge in [0.25, 0.3) is 0 Å². The molecule has 3 aromatic rings. The number of hydrogen-bond donors (Lipinski definition) is 3. The van der Waals surface area contributed by atoms with Crippen molar-refractivity contribution in [3.05, 3.63) is 71.9 Å². The van der Waals surface area contributed by atoms with Crippen LogP contribution in [0.15, 0.2) is 65.8 Å². The SMILES string of the molecule is CCNC(=NCc1ccnc2ccccc12)NCC(O)c1cccc(OC)c1. The fourth-order valence-corrected chi connectivity index (χ4v) is 2.96. The molecule has 0 aliphatic heterocycles. The minimum absolute atomic E-state index is 0.343. The van der Waals surface area contributed by atoms with Gasteiger partial charge in [0.05, 0.1) is 25.3 Å². The minimum atomic E-state index is -0.666. The second kappa shape index (κ2) is 9.71. The van der Waals surface area contributed by atoms with Gasteiger partial charge in [0.2, 0.25) is 0 Å². The van der Waals surface area contributed by atoms with Crippen LogP contribution < -0.4 is 15.4 Å². The van der Waals surface area contributed by atoms with Crippen molar-refractivity contribution in [2.75, 3.05) is 20.2 Å². The first kappa shape index (κ1) is 19.6. The first-order valence-corrected chi connectivity index (χ1v) is 9.38. The van der Waals surface area contributed by atoms with E-state index in [2.05, 4.69) is 26.7 Å². The Balaban J connectivity index is 1.68. The lowest BCUT2D eigenvalue weighted by Crippen LogP contribution is -2.39. The number of nitrogens with one attached hydrogen (secondary N) is 2. The highest BCUT2D eigenvalue weighted by Gasteiger charge is 2.10. The lowest BCUT2D eigenvalue weighted by atomic mass is 10.1. The average molecular weight is 378 g/mol. The molecule has 0 aliphatic rings. The number of pyridine rings is 1. The summed E-state index contributed by atoms with van der Waals surface area (Å²) in [6.45, 7) is 3.61. The molecule has 1 aromatic heterocycles. The number of hydrogen-bond acceptors (Lipinski definition) is 4. The number of fused-ring (bicyclic) bond motifs is 1.